The molecule has 0 amide bonds. The molecule has 0 saturated heterocycles. The lowest BCUT2D eigenvalue weighted by Gasteiger charge is -2.54. The average Bonchev–Trinajstić information content (AvgIpc) is 3.84. The van der Waals surface area contributed by atoms with Gasteiger partial charge in [0, 0.05) is 11.8 Å². The van der Waals surface area contributed by atoms with Crippen LogP contribution in [-0.4, -0.2) is 62.4 Å². The predicted octanol–water partition coefficient (Wildman–Crippen LogP) is 10.1. The average molecular weight is 773 g/mol. The molecule has 4 N–H and O–H groups in total. The molecule has 1 aromatic carbocycles. The van der Waals surface area contributed by atoms with Crippen molar-refractivity contribution in [2.45, 2.75) is 152 Å². The number of hydrogen-bond acceptors (Lipinski definition) is 4. The number of aromatic hydroxyl groups is 1. The summed E-state index contributed by atoms with van der Waals surface area (Å²) in [7, 11) is 0. The Hall–Kier alpha value is -2.71. The number of rotatable bonds is 17. The van der Waals surface area contributed by atoms with Crippen molar-refractivity contribution in [2.75, 3.05) is 0 Å². The lowest BCUT2D eigenvalue weighted by atomic mass is 9.50. The van der Waals surface area contributed by atoms with Crippen LogP contribution >= 0.6 is 0 Å². The summed E-state index contributed by atoms with van der Waals surface area (Å²) in [6.45, 7) is 2.38. The van der Waals surface area contributed by atoms with Crippen molar-refractivity contribution in [1.82, 2.24) is 0 Å². The first-order valence-electron chi connectivity index (χ1n) is 18.7. The summed E-state index contributed by atoms with van der Waals surface area (Å²) >= 11 is 0. The van der Waals surface area contributed by atoms with Gasteiger partial charge in [-0.2, -0.15) is 39.5 Å². The van der Waals surface area contributed by atoms with Crippen molar-refractivity contribution in [3.8, 4) is 5.75 Å². The number of carboxylic acids is 2. The van der Waals surface area contributed by atoms with Gasteiger partial charge in [-0.05, 0) is 110 Å². The number of benzene rings is 1. The third-order valence-electron chi connectivity index (χ3n) is 13.9. The first-order valence-corrected chi connectivity index (χ1v) is 18.7. The first kappa shape index (κ1) is 41.5. The van der Waals surface area contributed by atoms with Crippen molar-refractivity contribution in [1.29, 1.82) is 0 Å². The van der Waals surface area contributed by atoms with Crippen LogP contribution in [0.5, 0.6) is 5.75 Å². The van der Waals surface area contributed by atoms with E-state index in [9.17, 15) is 69.5 Å². The standard InChI is InChI=1S/C38H49F9O6/c1-32-14-12-26-25-11-10-24(48)20-23(25)19-22(29(26)27(32)21-28(49)34(32)16-17-34)9-7-5-3-2-4-6-8-13-33(30(50)51,31(52)53)15-18-35(39,40)36(41,42)37(43,44)38(45,46)47/h10-11,20,22,26-29,48-49H,2-9,12-19,21H2,1H3,(H,50,51)(H,52,53)/t22?,26?,27?,28-,29?,32+/m1/s1. The molecule has 1 aromatic rings. The van der Waals surface area contributed by atoms with Crippen LogP contribution in [0.1, 0.15) is 127 Å². The summed E-state index contributed by atoms with van der Waals surface area (Å²) in [6.07, 6.45) is -1.69. The van der Waals surface area contributed by atoms with E-state index in [1.807, 2.05) is 6.07 Å². The lowest BCUT2D eigenvalue weighted by molar-refractivity contribution is -0.397. The normalized spacial score (nSPS) is 28.3. The zero-order valence-electron chi connectivity index (χ0n) is 29.6. The molecule has 0 aromatic heterocycles. The molecule has 4 unspecified atom stereocenters. The molecule has 4 aliphatic carbocycles. The van der Waals surface area contributed by atoms with E-state index in [4.69, 9.17) is 0 Å². The number of hydrogen-bond donors (Lipinski definition) is 4. The van der Waals surface area contributed by atoms with E-state index in [0.29, 0.717) is 36.5 Å². The highest BCUT2D eigenvalue weighted by Crippen LogP contribution is 2.76. The maximum absolute atomic E-state index is 14.1. The quantitative estimate of drug-likeness (QED) is 0.0712. The van der Waals surface area contributed by atoms with E-state index in [2.05, 4.69) is 13.0 Å². The van der Waals surface area contributed by atoms with E-state index in [1.54, 1.807) is 6.07 Å². The number of unbranched alkanes of at least 4 members (excludes halogenated alkanes) is 6. The molecule has 0 aliphatic heterocycles. The molecule has 4 aliphatic rings. The summed E-state index contributed by atoms with van der Waals surface area (Å²) < 4.78 is 120. The summed E-state index contributed by atoms with van der Waals surface area (Å²) in [5.41, 5.74) is -0.473. The highest BCUT2D eigenvalue weighted by Gasteiger charge is 2.81. The first-order chi connectivity index (χ1) is 24.5. The molecule has 6 atom stereocenters. The van der Waals surface area contributed by atoms with Gasteiger partial charge in [-0.3, -0.25) is 9.59 Å². The number of aliphatic carboxylic acids is 2. The molecule has 0 radical (unpaired) electrons. The van der Waals surface area contributed by atoms with Crippen LogP contribution in [0.15, 0.2) is 18.2 Å². The Labute approximate surface area is 302 Å². The molecule has 3 fully saturated rings. The third kappa shape index (κ3) is 7.02. The SMILES string of the molecule is C[C@]12CCC3c4ccc(O)cc4CC(CCCCCCCCCC(CCC(F)(F)C(F)(F)C(F)(F)C(F)(F)F)(C(=O)O)C(=O)O)C3C1C[C@@H](O)C21CC1. The Morgan fingerprint density at radius 2 is 1.38 bits per heavy atom. The second kappa shape index (κ2) is 14.4. The van der Waals surface area contributed by atoms with Gasteiger partial charge in [0.2, 0.25) is 0 Å². The number of aliphatic hydroxyl groups excluding tert-OH is 1. The van der Waals surface area contributed by atoms with Crippen molar-refractivity contribution in [3.63, 3.8) is 0 Å². The minimum atomic E-state index is -7.15. The number of carbonyl (C=O) groups is 2. The third-order valence-corrected chi connectivity index (χ3v) is 13.9. The number of alkyl halides is 9. The van der Waals surface area contributed by atoms with Gasteiger partial charge in [-0.25, -0.2) is 0 Å². The number of halogens is 9. The summed E-state index contributed by atoms with van der Waals surface area (Å²) in [6, 6.07) is 5.68. The van der Waals surface area contributed by atoms with Crippen LogP contribution in [0.2, 0.25) is 0 Å². The number of phenols is 1. The molecule has 3 saturated carbocycles. The molecule has 0 bridgehead atoms. The molecular weight excluding hydrogens is 723 g/mol. The van der Waals surface area contributed by atoms with Crippen molar-refractivity contribution in [3.05, 3.63) is 29.3 Å². The maximum Gasteiger partial charge on any atom is 0.460 e. The zero-order chi connectivity index (χ0) is 39.4. The fourth-order valence-electron chi connectivity index (χ4n) is 10.6. The molecule has 1 spiro atoms. The predicted molar refractivity (Wildman–Crippen MR) is 174 cm³/mol. The maximum atomic E-state index is 14.1. The highest BCUT2D eigenvalue weighted by atomic mass is 19.4. The summed E-state index contributed by atoms with van der Waals surface area (Å²) in [5, 5.41) is 40.6. The van der Waals surface area contributed by atoms with Crippen LogP contribution < -0.4 is 0 Å². The monoisotopic (exact) mass is 772 g/mol. The minimum Gasteiger partial charge on any atom is -0.508 e. The van der Waals surface area contributed by atoms with Gasteiger partial charge in [0.1, 0.15) is 5.75 Å². The van der Waals surface area contributed by atoms with E-state index in [1.165, 1.54) is 11.1 Å². The van der Waals surface area contributed by atoms with Crippen LogP contribution in [0.3, 0.4) is 0 Å². The number of carboxylic acid groups (broad SMARTS) is 2. The van der Waals surface area contributed by atoms with Gasteiger partial charge in [0.05, 0.1) is 6.10 Å². The Kier molecular flexibility index (Phi) is 11.3. The molecule has 15 heteroatoms. The van der Waals surface area contributed by atoms with Gasteiger partial charge >= 0.3 is 35.9 Å². The fourth-order valence-corrected chi connectivity index (χ4v) is 10.6. The Bertz CT molecular complexity index is 1490. The molecule has 5 rings (SSSR count). The zero-order valence-corrected chi connectivity index (χ0v) is 29.6. The molecule has 300 valence electrons. The van der Waals surface area contributed by atoms with Crippen molar-refractivity contribution >= 4 is 11.9 Å². The van der Waals surface area contributed by atoms with Crippen LogP contribution in [0.4, 0.5) is 39.5 Å². The van der Waals surface area contributed by atoms with Gasteiger partial charge in [-0.1, -0.05) is 57.9 Å². The van der Waals surface area contributed by atoms with E-state index in [-0.39, 0.29) is 35.5 Å². The molecule has 53 heavy (non-hydrogen) atoms. The van der Waals surface area contributed by atoms with E-state index in [0.717, 1.165) is 64.2 Å². The number of fused-ring (bicyclic) bond motifs is 6. The molecule has 0 heterocycles. The molecule has 6 nitrogen and oxygen atoms in total. The minimum absolute atomic E-state index is 0.0329. The summed E-state index contributed by atoms with van der Waals surface area (Å²) in [5.74, 6) is -22.7. The van der Waals surface area contributed by atoms with Crippen molar-refractivity contribution < 1.29 is 69.5 Å². The highest BCUT2D eigenvalue weighted by molar-refractivity contribution is 5.98. The van der Waals surface area contributed by atoms with Gasteiger partial charge in [0.15, 0.2) is 5.41 Å². The smallest absolute Gasteiger partial charge is 0.460 e. The van der Waals surface area contributed by atoms with Gasteiger partial charge in [0.25, 0.3) is 0 Å². The number of phenolic OH excluding ortho intramolecular Hbond substituents is 1. The Morgan fingerprint density at radius 3 is 1.94 bits per heavy atom. The topological polar surface area (TPSA) is 115 Å². The van der Waals surface area contributed by atoms with Crippen molar-refractivity contribution in [2.24, 2.45) is 34.0 Å². The van der Waals surface area contributed by atoms with Crippen LogP contribution in [-0.2, 0) is 16.0 Å². The van der Waals surface area contributed by atoms with Gasteiger partial charge < -0.3 is 20.4 Å². The van der Waals surface area contributed by atoms with E-state index >= 15 is 0 Å². The second-order valence-corrected chi connectivity index (χ2v) is 16.6. The van der Waals surface area contributed by atoms with E-state index < -0.39 is 60.6 Å². The summed E-state index contributed by atoms with van der Waals surface area (Å²) in [4.78, 5) is 23.8. The molecular formula is C38H49F9O6. The fraction of sp³-hybridized carbons (Fsp3) is 0.789. The van der Waals surface area contributed by atoms with Crippen LogP contribution in [0.25, 0.3) is 0 Å². The largest absolute Gasteiger partial charge is 0.508 e. The van der Waals surface area contributed by atoms with Crippen LogP contribution in [0, 0.1) is 34.0 Å². The Balaban J connectivity index is 1.11. The van der Waals surface area contributed by atoms with Gasteiger partial charge in [-0.15, -0.1) is 0 Å². The number of aliphatic hydroxyl groups is 1. The second-order valence-electron chi connectivity index (χ2n) is 16.6. The Morgan fingerprint density at radius 1 is 0.792 bits per heavy atom. The lowest BCUT2D eigenvalue weighted by Crippen LogP contribution is -2.61.